The third-order valence-corrected chi connectivity index (χ3v) is 3.65. The van der Waals surface area contributed by atoms with Crippen LogP contribution in [-0.4, -0.2) is 15.0 Å². The van der Waals surface area contributed by atoms with Crippen LogP contribution < -0.4 is 5.73 Å². The number of hydrogen-bond donors (Lipinski definition) is 1. The van der Waals surface area contributed by atoms with Gasteiger partial charge in [-0.15, -0.1) is 10.2 Å². The fourth-order valence-electron chi connectivity index (χ4n) is 1.83. The van der Waals surface area contributed by atoms with Crippen molar-refractivity contribution in [2.75, 3.05) is 5.73 Å². The monoisotopic (exact) mass is 302 g/mol. The van der Waals surface area contributed by atoms with Crippen LogP contribution in [0.25, 0.3) is 16.7 Å². The molecule has 2 aromatic carbocycles. The van der Waals surface area contributed by atoms with Crippen molar-refractivity contribution in [2.24, 2.45) is 0 Å². The molecular formula is C13H11BrN4. The number of benzene rings is 2. The minimum absolute atomic E-state index is 0.711. The first-order valence-electron chi connectivity index (χ1n) is 5.54. The predicted molar refractivity (Wildman–Crippen MR) is 75.7 cm³/mol. The fourth-order valence-corrected chi connectivity index (χ4v) is 2.43. The molecule has 0 unspecified atom stereocenters. The van der Waals surface area contributed by atoms with Crippen molar-refractivity contribution in [3.8, 4) is 5.69 Å². The number of nitrogens with zero attached hydrogens (tertiary/aromatic N) is 3. The molecule has 0 atom stereocenters. The van der Waals surface area contributed by atoms with Crippen molar-refractivity contribution >= 4 is 32.7 Å². The van der Waals surface area contributed by atoms with E-state index in [0.29, 0.717) is 5.69 Å². The van der Waals surface area contributed by atoms with Crippen LogP contribution >= 0.6 is 15.9 Å². The minimum Gasteiger partial charge on any atom is -0.398 e. The Morgan fingerprint density at radius 3 is 2.61 bits per heavy atom. The van der Waals surface area contributed by atoms with Crippen LogP contribution in [0, 0.1) is 6.92 Å². The Hall–Kier alpha value is -1.88. The lowest BCUT2D eigenvalue weighted by molar-refractivity contribution is 0.765. The maximum Gasteiger partial charge on any atom is 0.129 e. The van der Waals surface area contributed by atoms with Gasteiger partial charge in [0, 0.05) is 0 Å². The van der Waals surface area contributed by atoms with Gasteiger partial charge >= 0.3 is 0 Å². The van der Waals surface area contributed by atoms with Crippen LogP contribution in [0.5, 0.6) is 0 Å². The maximum atomic E-state index is 5.97. The molecule has 18 heavy (non-hydrogen) atoms. The fraction of sp³-hybridized carbons (Fsp3) is 0.0769. The number of aromatic nitrogens is 3. The summed E-state index contributed by atoms with van der Waals surface area (Å²) in [5.41, 5.74) is 10.2. The molecule has 0 bridgehead atoms. The van der Waals surface area contributed by atoms with Gasteiger partial charge in [-0.1, -0.05) is 18.2 Å². The van der Waals surface area contributed by atoms with E-state index in [9.17, 15) is 0 Å². The molecule has 1 aromatic heterocycles. The Balaban J connectivity index is 2.27. The third-order valence-electron chi connectivity index (χ3n) is 2.85. The standard InChI is InChI=1S/C13H11BrN4/c1-8-7-10-13(11(14)12(8)15)17-18(16-10)9-5-3-2-4-6-9/h2-7H,15H2,1H3. The van der Waals surface area contributed by atoms with Crippen molar-refractivity contribution < 1.29 is 0 Å². The highest BCUT2D eigenvalue weighted by Gasteiger charge is 2.12. The first kappa shape index (κ1) is 11.2. The van der Waals surface area contributed by atoms with Gasteiger partial charge in [-0.25, -0.2) is 0 Å². The highest BCUT2D eigenvalue weighted by atomic mass is 79.9. The number of hydrogen-bond acceptors (Lipinski definition) is 3. The van der Waals surface area contributed by atoms with Crippen molar-refractivity contribution in [3.63, 3.8) is 0 Å². The van der Waals surface area contributed by atoms with Crippen molar-refractivity contribution in [1.29, 1.82) is 0 Å². The molecule has 5 heteroatoms. The second-order valence-corrected chi connectivity index (χ2v) is 4.91. The molecule has 0 aliphatic carbocycles. The lowest BCUT2D eigenvalue weighted by Crippen LogP contribution is -1.97. The van der Waals surface area contributed by atoms with Crippen molar-refractivity contribution in [3.05, 3.63) is 46.4 Å². The summed E-state index contributed by atoms with van der Waals surface area (Å²) in [7, 11) is 0. The number of fused-ring (bicyclic) bond motifs is 1. The summed E-state index contributed by atoms with van der Waals surface area (Å²) < 4.78 is 0.805. The minimum atomic E-state index is 0.711. The number of para-hydroxylation sites is 1. The molecule has 0 saturated carbocycles. The van der Waals surface area contributed by atoms with E-state index in [0.717, 1.165) is 26.8 Å². The van der Waals surface area contributed by atoms with E-state index in [1.807, 2.05) is 43.3 Å². The van der Waals surface area contributed by atoms with E-state index in [2.05, 4.69) is 26.1 Å². The van der Waals surface area contributed by atoms with Gasteiger partial charge in [0.2, 0.25) is 0 Å². The van der Waals surface area contributed by atoms with Gasteiger partial charge in [-0.2, -0.15) is 4.80 Å². The Morgan fingerprint density at radius 1 is 1.17 bits per heavy atom. The third kappa shape index (κ3) is 1.67. The highest BCUT2D eigenvalue weighted by Crippen LogP contribution is 2.30. The number of rotatable bonds is 1. The van der Waals surface area contributed by atoms with Gasteiger partial charge in [0.05, 0.1) is 15.8 Å². The zero-order chi connectivity index (χ0) is 12.7. The van der Waals surface area contributed by atoms with E-state index in [1.165, 1.54) is 0 Å². The number of nitrogens with two attached hydrogens (primary N) is 1. The molecule has 90 valence electrons. The Bertz CT molecular complexity index is 719. The molecule has 4 nitrogen and oxygen atoms in total. The number of anilines is 1. The van der Waals surface area contributed by atoms with E-state index in [-0.39, 0.29) is 0 Å². The average Bonchev–Trinajstić information content (AvgIpc) is 2.81. The molecule has 3 rings (SSSR count). The van der Waals surface area contributed by atoms with Crippen LogP contribution in [-0.2, 0) is 0 Å². The molecule has 3 aromatic rings. The molecule has 0 aliphatic heterocycles. The van der Waals surface area contributed by atoms with Crippen molar-refractivity contribution in [2.45, 2.75) is 6.92 Å². The molecule has 0 radical (unpaired) electrons. The maximum absolute atomic E-state index is 5.97. The Morgan fingerprint density at radius 2 is 1.89 bits per heavy atom. The number of aryl methyl sites for hydroxylation is 1. The molecule has 0 amide bonds. The summed E-state index contributed by atoms with van der Waals surface area (Å²) in [5, 5.41) is 8.93. The Labute approximate surface area is 113 Å². The van der Waals surface area contributed by atoms with Gasteiger partial charge in [0.1, 0.15) is 11.0 Å². The zero-order valence-electron chi connectivity index (χ0n) is 9.76. The first-order valence-corrected chi connectivity index (χ1v) is 6.33. The van der Waals surface area contributed by atoms with Crippen LogP contribution in [0.15, 0.2) is 40.9 Å². The average molecular weight is 303 g/mol. The first-order chi connectivity index (χ1) is 8.66. The largest absolute Gasteiger partial charge is 0.398 e. The van der Waals surface area contributed by atoms with Gasteiger partial charge < -0.3 is 5.73 Å². The van der Waals surface area contributed by atoms with E-state index in [4.69, 9.17) is 5.73 Å². The lowest BCUT2D eigenvalue weighted by Gasteiger charge is -2.01. The topological polar surface area (TPSA) is 56.7 Å². The highest BCUT2D eigenvalue weighted by molar-refractivity contribution is 9.10. The normalized spacial score (nSPS) is 11.0. The molecule has 0 aliphatic rings. The van der Waals surface area contributed by atoms with E-state index in [1.54, 1.807) is 4.80 Å². The van der Waals surface area contributed by atoms with Crippen LogP contribution in [0.1, 0.15) is 5.56 Å². The van der Waals surface area contributed by atoms with Gasteiger partial charge in [0.25, 0.3) is 0 Å². The van der Waals surface area contributed by atoms with Gasteiger partial charge in [-0.05, 0) is 46.6 Å². The summed E-state index contributed by atoms with van der Waals surface area (Å²) in [6.45, 7) is 1.96. The Kier molecular flexibility index (Phi) is 2.56. The summed E-state index contributed by atoms with van der Waals surface area (Å²) in [6.07, 6.45) is 0. The smallest absolute Gasteiger partial charge is 0.129 e. The van der Waals surface area contributed by atoms with Gasteiger partial charge in [0.15, 0.2) is 0 Å². The molecule has 2 N–H and O–H groups in total. The molecule has 0 fully saturated rings. The SMILES string of the molecule is Cc1cc2nn(-c3ccccc3)nc2c(Br)c1N. The second-order valence-electron chi connectivity index (χ2n) is 4.11. The van der Waals surface area contributed by atoms with Crippen molar-refractivity contribution in [1.82, 2.24) is 15.0 Å². The second kappa shape index (κ2) is 4.10. The molecule has 1 heterocycles. The van der Waals surface area contributed by atoms with Crippen LogP contribution in [0.3, 0.4) is 0 Å². The number of halogens is 1. The molecule has 0 saturated heterocycles. The molecular weight excluding hydrogens is 292 g/mol. The van der Waals surface area contributed by atoms with Gasteiger partial charge in [-0.3, -0.25) is 0 Å². The summed E-state index contributed by atoms with van der Waals surface area (Å²) >= 11 is 3.48. The number of nitrogen functional groups attached to an aromatic ring is 1. The van der Waals surface area contributed by atoms with Crippen LogP contribution in [0.4, 0.5) is 5.69 Å². The predicted octanol–water partition coefficient (Wildman–Crippen LogP) is 3.07. The molecule has 0 spiro atoms. The summed E-state index contributed by atoms with van der Waals surface area (Å²) in [4.78, 5) is 1.62. The quantitative estimate of drug-likeness (QED) is 0.703. The zero-order valence-corrected chi connectivity index (χ0v) is 11.3. The summed E-state index contributed by atoms with van der Waals surface area (Å²) in [5.74, 6) is 0. The summed E-state index contributed by atoms with van der Waals surface area (Å²) in [6, 6.07) is 11.7. The van der Waals surface area contributed by atoms with E-state index >= 15 is 0 Å². The van der Waals surface area contributed by atoms with Crippen LogP contribution in [0.2, 0.25) is 0 Å². The van der Waals surface area contributed by atoms with E-state index < -0.39 is 0 Å². The lowest BCUT2D eigenvalue weighted by atomic mass is 10.2.